The zero-order chi connectivity index (χ0) is 18.1. The molecular weight excluding hydrogens is 360 g/mol. The smallest absolute Gasteiger partial charge is 0.230 e. The van der Waals surface area contributed by atoms with Gasteiger partial charge in [0, 0.05) is 24.2 Å². The summed E-state index contributed by atoms with van der Waals surface area (Å²) < 4.78 is 7.15. The topological polar surface area (TPSA) is 69.0 Å². The van der Waals surface area contributed by atoms with Crippen molar-refractivity contribution < 1.29 is 9.53 Å². The van der Waals surface area contributed by atoms with Crippen molar-refractivity contribution in [1.82, 2.24) is 20.1 Å². The van der Waals surface area contributed by atoms with Crippen LogP contribution in [0.15, 0.2) is 29.4 Å². The average molecular weight is 383 g/mol. The molecule has 25 heavy (non-hydrogen) atoms. The summed E-state index contributed by atoms with van der Waals surface area (Å²) in [5, 5.41) is 12.8. The minimum atomic E-state index is 0.00721. The number of hydrogen-bond donors (Lipinski definition) is 1. The third-order valence-electron chi connectivity index (χ3n) is 3.52. The summed E-state index contributed by atoms with van der Waals surface area (Å²) in [4.78, 5) is 11.9. The van der Waals surface area contributed by atoms with E-state index in [9.17, 15) is 4.79 Å². The summed E-state index contributed by atoms with van der Waals surface area (Å²) in [7, 11) is 1.65. The molecule has 2 aromatic rings. The van der Waals surface area contributed by atoms with Crippen LogP contribution in [-0.4, -0.2) is 46.7 Å². The van der Waals surface area contributed by atoms with Crippen molar-refractivity contribution in [3.05, 3.63) is 29.3 Å². The molecule has 0 unspecified atom stereocenters. The van der Waals surface area contributed by atoms with Crippen LogP contribution in [0.1, 0.15) is 19.8 Å². The number of aromatic nitrogens is 3. The number of thioether (sulfide) groups is 1. The van der Waals surface area contributed by atoms with Crippen LogP contribution in [-0.2, 0) is 16.1 Å². The monoisotopic (exact) mass is 382 g/mol. The average Bonchev–Trinajstić information content (AvgIpc) is 3.02. The Morgan fingerprint density at radius 2 is 2.08 bits per heavy atom. The van der Waals surface area contributed by atoms with Gasteiger partial charge in [0.05, 0.1) is 18.9 Å². The van der Waals surface area contributed by atoms with E-state index in [4.69, 9.17) is 16.3 Å². The number of nitrogens with zero attached hydrogens (tertiary/aromatic N) is 3. The van der Waals surface area contributed by atoms with Gasteiger partial charge in [-0.15, -0.1) is 10.2 Å². The predicted octanol–water partition coefficient (Wildman–Crippen LogP) is 3.25. The van der Waals surface area contributed by atoms with Crippen molar-refractivity contribution in [3.63, 3.8) is 0 Å². The van der Waals surface area contributed by atoms with Gasteiger partial charge < -0.3 is 10.1 Å². The number of halogens is 1. The fraction of sp³-hybridized carbons (Fsp3) is 0.471. The Bertz CT molecular complexity index is 676. The molecule has 1 N–H and O–H groups in total. The van der Waals surface area contributed by atoms with Gasteiger partial charge in [0.1, 0.15) is 0 Å². The van der Waals surface area contributed by atoms with Crippen LogP contribution in [0.5, 0.6) is 0 Å². The van der Waals surface area contributed by atoms with Crippen LogP contribution < -0.4 is 5.32 Å². The lowest BCUT2D eigenvalue weighted by atomic mass is 10.2. The fourth-order valence-corrected chi connectivity index (χ4v) is 3.10. The Morgan fingerprint density at radius 1 is 1.32 bits per heavy atom. The van der Waals surface area contributed by atoms with Crippen LogP contribution in [0.3, 0.4) is 0 Å². The van der Waals surface area contributed by atoms with Gasteiger partial charge in [0.15, 0.2) is 11.0 Å². The number of nitrogens with one attached hydrogen (secondary N) is 1. The number of ether oxygens (including phenoxy) is 1. The Labute approximate surface area is 157 Å². The van der Waals surface area contributed by atoms with E-state index >= 15 is 0 Å². The quantitative estimate of drug-likeness (QED) is 0.504. The normalized spacial score (nSPS) is 10.8. The molecule has 1 aromatic carbocycles. The van der Waals surface area contributed by atoms with E-state index < -0.39 is 0 Å². The molecule has 0 aliphatic carbocycles. The van der Waals surface area contributed by atoms with Crippen molar-refractivity contribution in [2.24, 2.45) is 0 Å². The van der Waals surface area contributed by atoms with Gasteiger partial charge in [-0.05, 0) is 30.7 Å². The molecule has 0 fully saturated rings. The maximum atomic E-state index is 11.9. The van der Waals surface area contributed by atoms with Gasteiger partial charge in [-0.1, -0.05) is 36.7 Å². The molecule has 8 heteroatoms. The number of amides is 1. The highest BCUT2D eigenvalue weighted by molar-refractivity contribution is 7.99. The van der Waals surface area contributed by atoms with E-state index in [1.807, 2.05) is 28.8 Å². The third kappa shape index (κ3) is 6.02. The van der Waals surface area contributed by atoms with Crippen LogP contribution in [0, 0.1) is 0 Å². The molecule has 136 valence electrons. The molecule has 0 saturated heterocycles. The summed E-state index contributed by atoms with van der Waals surface area (Å²) >= 11 is 7.33. The number of carbonyl (C=O) groups is 1. The van der Waals surface area contributed by atoms with Gasteiger partial charge in [0.2, 0.25) is 5.91 Å². The van der Waals surface area contributed by atoms with E-state index in [0.29, 0.717) is 35.6 Å². The maximum Gasteiger partial charge on any atom is 0.230 e. The molecule has 0 spiro atoms. The fourth-order valence-electron chi connectivity index (χ4n) is 2.18. The van der Waals surface area contributed by atoms with Crippen LogP contribution in [0.4, 0.5) is 0 Å². The first-order valence-electron chi connectivity index (χ1n) is 8.23. The van der Waals surface area contributed by atoms with Gasteiger partial charge in [-0.2, -0.15) is 0 Å². The summed E-state index contributed by atoms with van der Waals surface area (Å²) in [6.07, 6.45) is 2.05. The number of unbranched alkanes of at least 4 members (excludes halogenated alkanes) is 1. The van der Waals surface area contributed by atoms with Crippen molar-refractivity contribution in [1.29, 1.82) is 0 Å². The van der Waals surface area contributed by atoms with Crippen molar-refractivity contribution >= 4 is 29.3 Å². The number of methoxy groups -OCH3 is 1. The number of hydrogen-bond acceptors (Lipinski definition) is 5. The molecular formula is C17H23ClN4O2S. The molecule has 6 nitrogen and oxygen atoms in total. The lowest BCUT2D eigenvalue weighted by molar-refractivity contribution is -0.118. The molecule has 1 amide bonds. The molecule has 0 atom stereocenters. The zero-order valence-corrected chi connectivity index (χ0v) is 16.1. The lowest BCUT2D eigenvalue weighted by Crippen LogP contribution is -2.26. The number of benzene rings is 1. The van der Waals surface area contributed by atoms with Gasteiger partial charge in [0.25, 0.3) is 0 Å². The molecule has 1 heterocycles. The molecule has 0 aliphatic heterocycles. The van der Waals surface area contributed by atoms with E-state index in [1.165, 1.54) is 11.8 Å². The molecule has 0 bridgehead atoms. The molecule has 1 aromatic heterocycles. The third-order valence-corrected chi connectivity index (χ3v) is 4.74. The second kappa shape index (κ2) is 10.4. The predicted molar refractivity (Wildman–Crippen MR) is 101 cm³/mol. The van der Waals surface area contributed by atoms with Crippen molar-refractivity contribution in [2.75, 3.05) is 26.0 Å². The zero-order valence-electron chi connectivity index (χ0n) is 14.5. The Kier molecular flexibility index (Phi) is 8.24. The molecule has 0 radical (unpaired) electrons. The van der Waals surface area contributed by atoms with Crippen LogP contribution in [0.2, 0.25) is 5.02 Å². The molecule has 0 saturated carbocycles. The minimum absolute atomic E-state index is 0.00721. The number of rotatable bonds is 10. The van der Waals surface area contributed by atoms with Gasteiger partial charge >= 0.3 is 0 Å². The van der Waals surface area contributed by atoms with Gasteiger partial charge in [-0.3, -0.25) is 9.36 Å². The first-order chi connectivity index (χ1) is 12.2. The van der Waals surface area contributed by atoms with Crippen LogP contribution in [0.25, 0.3) is 11.4 Å². The van der Waals surface area contributed by atoms with E-state index in [0.717, 1.165) is 24.2 Å². The Morgan fingerprint density at radius 3 is 2.76 bits per heavy atom. The van der Waals surface area contributed by atoms with E-state index in [1.54, 1.807) is 7.11 Å². The second-order valence-electron chi connectivity index (χ2n) is 5.45. The van der Waals surface area contributed by atoms with Crippen molar-refractivity contribution in [2.45, 2.75) is 31.5 Å². The van der Waals surface area contributed by atoms with Crippen molar-refractivity contribution in [3.8, 4) is 11.4 Å². The van der Waals surface area contributed by atoms with Gasteiger partial charge in [-0.25, -0.2) is 0 Å². The maximum absolute atomic E-state index is 11.9. The summed E-state index contributed by atoms with van der Waals surface area (Å²) in [5.74, 6) is 1.06. The SMILES string of the molecule is CCCCNC(=O)CSc1nnc(-c2ccc(Cl)cc2)n1CCOC. The summed E-state index contributed by atoms with van der Waals surface area (Å²) in [5.41, 5.74) is 0.923. The summed E-state index contributed by atoms with van der Waals surface area (Å²) in [6, 6.07) is 7.45. The second-order valence-corrected chi connectivity index (χ2v) is 6.83. The highest BCUT2D eigenvalue weighted by atomic mass is 35.5. The molecule has 2 rings (SSSR count). The standard InChI is InChI=1S/C17H23ClN4O2S/c1-3-4-9-19-15(23)12-25-17-21-20-16(22(17)10-11-24-2)13-5-7-14(18)8-6-13/h5-8H,3-4,9-12H2,1-2H3,(H,19,23). The lowest BCUT2D eigenvalue weighted by Gasteiger charge is -2.10. The van der Waals surface area contributed by atoms with Crippen LogP contribution >= 0.6 is 23.4 Å². The van der Waals surface area contributed by atoms with E-state index in [2.05, 4.69) is 22.4 Å². The number of carbonyl (C=O) groups excluding carboxylic acids is 1. The minimum Gasteiger partial charge on any atom is -0.383 e. The largest absolute Gasteiger partial charge is 0.383 e. The highest BCUT2D eigenvalue weighted by Gasteiger charge is 2.15. The summed E-state index contributed by atoms with van der Waals surface area (Å²) in [6.45, 7) is 3.95. The molecule has 0 aliphatic rings. The highest BCUT2D eigenvalue weighted by Crippen LogP contribution is 2.25. The van der Waals surface area contributed by atoms with E-state index in [-0.39, 0.29) is 5.91 Å². The Hall–Kier alpha value is -1.57. The first-order valence-corrected chi connectivity index (χ1v) is 9.59. The Balaban J connectivity index is 2.09. The first kappa shape index (κ1) is 19.8.